The van der Waals surface area contributed by atoms with Gasteiger partial charge in [-0.25, -0.2) is 4.39 Å². The van der Waals surface area contributed by atoms with E-state index in [0.29, 0.717) is 0 Å². The van der Waals surface area contributed by atoms with Gasteiger partial charge in [0.25, 0.3) is 0 Å². The van der Waals surface area contributed by atoms with Crippen molar-refractivity contribution in [1.29, 1.82) is 0 Å². The van der Waals surface area contributed by atoms with E-state index in [1.54, 1.807) is 0 Å². The van der Waals surface area contributed by atoms with Crippen molar-refractivity contribution in [2.45, 2.75) is 61.7 Å². The molecule has 7 N–H and O–H groups in total. The van der Waals surface area contributed by atoms with E-state index in [-0.39, 0.29) is 0 Å². The minimum absolute atomic E-state index is 0.617. The van der Waals surface area contributed by atoms with Gasteiger partial charge in [0, 0.05) is 6.92 Å². The Morgan fingerprint density at radius 2 is 1.81 bits per heavy atom. The van der Waals surface area contributed by atoms with Crippen molar-refractivity contribution in [2.75, 3.05) is 19.9 Å². The van der Waals surface area contributed by atoms with Crippen molar-refractivity contribution in [1.82, 2.24) is 5.32 Å². The second-order valence-electron chi connectivity index (χ2n) is 6.27. The van der Waals surface area contributed by atoms with Crippen LogP contribution in [0.4, 0.5) is 4.39 Å². The van der Waals surface area contributed by atoms with Crippen LogP contribution in [0.1, 0.15) is 6.92 Å². The lowest BCUT2D eigenvalue weighted by molar-refractivity contribution is -0.368. The highest BCUT2D eigenvalue weighted by atomic mass is 19.1. The van der Waals surface area contributed by atoms with Crippen molar-refractivity contribution in [3.05, 3.63) is 0 Å². The van der Waals surface area contributed by atoms with Crippen LogP contribution in [0.5, 0.6) is 0 Å². The molecule has 152 valence electrons. The number of aliphatic hydroxyl groups excluding tert-OH is 6. The summed E-state index contributed by atoms with van der Waals surface area (Å²) in [6, 6.07) is -1.37. The highest BCUT2D eigenvalue weighted by Gasteiger charge is 2.58. The number of carbonyl (C=O) groups is 1. The lowest BCUT2D eigenvalue weighted by atomic mass is 9.96. The lowest BCUT2D eigenvalue weighted by Crippen LogP contribution is -2.67. The predicted molar refractivity (Wildman–Crippen MR) is 79.1 cm³/mol. The van der Waals surface area contributed by atoms with E-state index in [1.165, 1.54) is 0 Å². The summed E-state index contributed by atoms with van der Waals surface area (Å²) in [4.78, 5) is 11.4. The lowest BCUT2D eigenvalue weighted by Gasteiger charge is -2.45. The fourth-order valence-electron chi connectivity index (χ4n) is 3.02. The first-order valence-electron chi connectivity index (χ1n) is 7.99. The molecule has 9 atom stereocenters. The summed E-state index contributed by atoms with van der Waals surface area (Å²) < 4.78 is 28.7. The topological polar surface area (TPSA) is 178 Å². The van der Waals surface area contributed by atoms with Crippen LogP contribution in [-0.4, -0.2) is 111 Å². The summed E-state index contributed by atoms with van der Waals surface area (Å²) in [5.74, 6) is -2.92. The van der Waals surface area contributed by atoms with Gasteiger partial charge in [-0.05, 0) is 0 Å². The molecule has 2 aliphatic heterocycles. The molecule has 0 aromatic rings. The maximum Gasteiger partial charge on any atom is 0.224 e. The number of rotatable bonds is 6. The average Bonchev–Trinajstić information content (AvgIpc) is 2.86. The molecule has 2 rings (SSSR count). The van der Waals surface area contributed by atoms with Gasteiger partial charge < -0.3 is 50.2 Å². The van der Waals surface area contributed by atoms with Gasteiger partial charge in [0.05, 0.1) is 6.61 Å². The highest BCUT2D eigenvalue weighted by Crippen LogP contribution is 2.36. The Bertz CT molecular complexity index is 498. The maximum atomic E-state index is 12.9. The maximum absolute atomic E-state index is 12.9. The number of aliphatic hydroxyl groups is 6. The normalized spacial score (nSPS) is 46.3. The number of alkyl halides is 1. The molecule has 0 radical (unpaired) electrons. The first kappa shape index (κ1) is 21.3. The molecule has 2 saturated heterocycles. The minimum Gasteiger partial charge on any atom is -0.394 e. The molecular formula is C14H24FNO10. The zero-order valence-electron chi connectivity index (χ0n) is 13.9. The zero-order chi connectivity index (χ0) is 19.6. The number of amides is 1. The van der Waals surface area contributed by atoms with Crippen LogP contribution in [0.3, 0.4) is 0 Å². The molecule has 0 spiro atoms. The third-order valence-electron chi connectivity index (χ3n) is 4.44. The third kappa shape index (κ3) is 3.83. The van der Waals surface area contributed by atoms with Gasteiger partial charge >= 0.3 is 0 Å². The molecule has 12 heteroatoms. The van der Waals surface area contributed by atoms with Crippen molar-refractivity contribution in [3.8, 4) is 0 Å². The molecule has 0 aliphatic carbocycles. The molecule has 2 fully saturated rings. The first-order chi connectivity index (χ1) is 12.2. The van der Waals surface area contributed by atoms with Crippen molar-refractivity contribution >= 4 is 5.91 Å². The van der Waals surface area contributed by atoms with Gasteiger partial charge in [0.1, 0.15) is 55.9 Å². The molecule has 2 unspecified atom stereocenters. The monoisotopic (exact) mass is 385 g/mol. The molecule has 0 bridgehead atoms. The average molecular weight is 385 g/mol. The van der Waals surface area contributed by atoms with Crippen molar-refractivity contribution in [3.63, 3.8) is 0 Å². The smallest absolute Gasteiger partial charge is 0.224 e. The number of halogens is 1. The second-order valence-corrected chi connectivity index (χ2v) is 6.27. The Balaban J connectivity index is 2.28. The van der Waals surface area contributed by atoms with Crippen molar-refractivity contribution in [2.24, 2.45) is 0 Å². The Hall–Kier alpha value is -0.960. The summed E-state index contributed by atoms with van der Waals surface area (Å²) >= 11 is 0. The van der Waals surface area contributed by atoms with Crippen molar-refractivity contribution < 1.29 is 54.0 Å². The molecule has 2 aliphatic rings. The largest absolute Gasteiger partial charge is 0.394 e. The summed E-state index contributed by atoms with van der Waals surface area (Å²) in [5.41, 5.74) is 0. The van der Waals surface area contributed by atoms with Gasteiger partial charge in [0.15, 0.2) is 6.29 Å². The third-order valence-corrected chi connectivity index (χ3v) is 4.44. The number of hydrogen-bond acceptors (Lipinski definition) is 10. The number of nitrogens with one attached hydrogen (secondary N) is 1. The fraction of sp³-hybridized carbons (Fsp3) is 0.929. The van der Waals surface area contributed by atoms with Crippen LogP contribution in [-0.2, 0) is 19.0 Å². The Morgan fingerprint density at radius 1 is 1.15 bits per heavy atom. The number of carbonyl (C=O) groups excluding carboxylic acids is 1. The van der Waals surface area contributed by atoms with Crippen LogP contribution in [0, 0.1) is 0 Å². The standard InChI is InChI=1S/C14H24FNO10/c1-5(19)16-8-11(22)9(20)7(3-17)24-13(8)26-14(4-18)12(23)10(21)6(2-15)25-14/h6-13,17-18,20-23H,2-4H2,1H3,(H,16,19)/t6-,7-,8-,9-,10-,11-,12+,13?,14?/m1/s1. The summed E-state index contributed by atoms with van der Waals surface area (Å²) in [6.45, 7) is -1.78. The fourth-order valence-corrected chi connectivity index (χ4v) is 3.02. The first-order valence-corrected chi connectivity index (χ1v) is 7.99. The van der Waals surface area contributed by atoms with E-state index in [0.717, 1.165) is 6.92 Å². The predicted octanol–water partition coefficient (Wildman–Crippen LogP) is -4.27. The molecule has 11 nitrogen and oxygen atoms in total. The van der Waals surface area contributed by atoms with E-state index in [4.69, 9.17) is 14.2 Å². The van der Waals surface area contributed by atoms with Gasteiger partial charge in [-0.3, -0.25) is 4.79 Å². The van der Waals surface area contributed by atoms with Crippen LogP contribution in [0.15, 0.2) is 0 Å². The van der Waals surface area contributed by atoms with Crippen LogP contribution in [0.25, 0.3) is 0 Å². The molecular weight excluding hydrogens is 361 g/mol. The zero-order valence-corrected chi connectivity index (χ0v) is 13.9. The Morgan fingerprint density at radius 3 is 2.27 bits per heavy atom. The summed E-state index contributed by atoms with van der Waals surface area (Å²) in [5, 5.41) is 61.2. The Labute approximate surface area is 147 Å². The Kier molecular flexibility index (Phi) is 6.87. The summed E-state index contributed by atoms with van der Waals surface area (Å²) in [6.07, 6.45) is -11.2. The minimum atomic E-state index is -2.31. The quantitative estimate of drug-likeness (QED) is 0.237. The molecule has 26 heavy (non-hydrogen) atoms. The van der Waals surface area contributed by atoms with Crippen LogP contribution >= 0.6 is 0 Å². The van der Waals surface area contributed by atoms with Crippen LogP contribution < -0.4 is 5.32 Å². The second kappa shape index (κ2) is 8.37. The van der Waals surface area contributed by atoms with Gasteiger partial charge in [-0.15, -0.1) is 0 Å². The molecule has 2 heterocycles. The van der Waals surface area contributed by atoms with E-state index in [9.17, 15) is 39.8 Å². The molecule has 1 amide bonds. The number of hydrogen-bond donors (Lipinski definition) is 7. The summed E-state index contributed by atoms with van der Waals surface area (Å²) in [7, 11) is 0. The van der Waals surface area contributed by atoms with E-state index in [1.807, 2.05) is 0 Å². The molecule has 0 saturated carbocycles. The molecule has 0 aromatic heterocycles. The van der Waals surface area contributed by atoms with Gasteiger partial charge in [-0.2, -0.15) is 0 Å². The van der Waals surface area contributed by atoms with Gasteiger partial charge in [0.2, 0.25) is 11.7 Å². The van der Waals surface area contributed by atoms with Crippen LogP contribution in [0.2, 0.25) is 0 Å². The molecule has 0 aromatic carbocycles. The van der Waals surface area contributed by atoms with E-state index >= 15 is 0 Å². The van der Waals surface area contributed by atoms with Gasteiger partial charge in [-0.1, -0.05) is 0 Å². The van der Waals surface area contributed by atoms with E-state index < -0.39 is 80.5 Å². The van der Waals surface area contributed by atoms with E-state index in [2.05, 4.69) is 5.32 Å². The highest BCUT2D eigenvalue weighted by molar-refractivity contribution is 5.73. The number of ether oxygens (including phenoxy) is 3. The SMILES string of the molecule is CC(=O)N[C@H]1C(OC2(CO)O[C@H](CF)[C@@H](O)[C@@H]2O)O[C@H](CO)[C@@H](O)[C@@H]1O.